The van der Waals surface area contributed by atoms with E-state index in [-0.39, 0.29) is 12.5 Å². The zero-order valence-corrected chi connectivity index (χ0v) is 8.24. The van der Waals surface area contributed by atoms with E-state index in [4.69, 9.17) is 21.1 Å². The second-order valence-electron chi connectivity index (χ2n) is 2.96. The summed E-state index contributed by atoms with van der Waals surface area (Å²) in [5, 5.41) is 0. The molecule has 0 spiro atoms. The van der Waals surface area contributed by atoms with Crippen LogP contribution >= 0.6 is 11.6 Å². The Morgan fingerprint density at radius 3 is 3.14 bits per heavy atom. The molecule has 5 heteroatoms. The number of ether oxygens (including phenoxy) is 2. The van der Waals surface area contributed by atoms with E-state index in [9.17, 15) is 4.79 Å². The fourth-order valence-electron chi connectivity index (χ4n) is 1.32. The number of alkyl halides is 1. The molecule has 2 aliphatic heterocycles. The number of hydrogen-bond acceptors (Lipinski definition) is 3. The third-order valence-corrected chi connectivity index (χ3v) is 2.22. The van der Waals surface area contributed by atoms with Gasteiger partial charge in [-0.15, -0.1) is 0 Å². The van der Waals surface area contributed by atoms with Gasteiger partial charge in [0.15, 0.2) is 11.4 Å². The second kappa shape index (κ2) is 4.02. The van der Waals surface area contributed by atoms with E-state index in [2.05, 4.69) is 0 Å². The molecule has 0 aromatic rings. The molecule has 2 rings (SSSR count). The molecular weight excluding hydrogens is 206 g/mol. The molecule has 2 aliphatic rings. The maximum absolute atomic E-state index is 11.4. The Hall–Kier alpha value is -1.00. The molecule has 0 aliphatic carbocycles. The van der Waals surface area contributed by atoms with Crippen LogP contribution in [0.1, 0.15) is 0 Å². The first-order valence-corrected chi connectivity index (χ1v) is 4.78. The summed E-state index contributed by atoms with van der Waals surface area (Å²) in [7, 11) is 0. The predicted molar refractivity (Wildman–Crippen MR) is 50.5 cm³/mol. The Labute approximate surface area is 86.7 Å². The molecule has 1 atom stereocenters. The van der Waals surface area contributed by atoms with E-state index >= 15 is 0 Å². The van der Waals surface area contributed by atoms with Gasteiger partial charge in [0.25, 0.3) is 5.91 Å². The zero-order chi connectivity index (χ0) is 9.97. The predicted octanol–water partition coefficient (Wildman–Crippen LogP) is 0.838. The summed E-state index contributed by atoms with van der Waals surface area (Å²) in [6, 6.07) is 0. The lowest BCUT2D eigenvalue weighted by Crippen LogP contribution is -2.42. The van der Waals surface area contributed by atoms with E-state index in [1.165, 1.54) is 0 Å². The minimum Gasteiger partial charge on any atom is -0.455 e. The Balaban J connectivity index is 2.10. The van der Waals surface area contributed by atoms with Crippen LogP contribution in [0.25, 0.3) is 0 Å². The zero-order valence-electron chi connectivity index (χ0n) is 7.48. The van der Waals surface area contributed by atoms with Crippen molar-refractivity contribution in [2.45, 2.75) is 5.56 Å². The first-order valence-electron chi connectivity index (χ1n) is 4.35. The quantitative estimate of drug-likeness (QED) is 0.609. The van der Waals surface area contributed by atoms with Gasteiger partial charge in [0.05, 0.1) is 13.2 Å². The summed E-state index contributed by atoms with van der Waals surface area (Å²) in [5.74, 6) is 0.405. The highest BCUT2D eigenvalue weighted by Crippen LogP contribution is 2.18. The normalized spacial score (nSPS) is 27.2. The molecule has 0 aromatic carbocycles. The van der Waals surface area contributed by atoms with E-state index in [1.807, 2.05) is 0 Å². The maximum Gasteiger partial charge on any atom is 0.255 e. The third-order valence-electron chi connectivity index (χ3n) is 1.99. The van der Waals surface area contributed by atoms with Crippen molar-refractivity contribution in [2.75, 3.05) is 19.8 Å². The smallest absolute Gasteiger partial charge is 0.255 e. The Morgan fingerprint density at radius 2 is 2.43 bits per heavy atom. The second-order valence-corrected chi connectivity index (χ2v) is 3.39. The first-order chi connectivity index (χ1) is 6.77. The van der Waals surface area contributed by atoms with Crippen LogP contribution in [0.5, 0.6) is 0 Å². The van der Waals surface area contributed by atoms with Crippen LogP contribution in [0.3, 0.4) is 0 Å². The Kier molecular flexibility index (Phi) is 2.74. The fraction of sp³-hybridized carbons (Fsp3) is 0.444. The van der Waals surface area contributed by atoms with Crippen LogP contribution in [0.4, 0.5) is 0 Å². The van der Waals surface area contributed by atoms with Gasteiger partial charge < -0.3 is 9.47 Å². The van der Waals surface area contributed by atoms with Gasteiger partial charge in [-0.05, 0) is 12.2 Å². The van der Waals surface area contributed by atoms with Crippen molar-refractivity contribution in [1.82, 2.24) is 4.90 Å². The largest absolute Gasteiger partial charge is 0.455 e. The first kappa shape index (κ1) is 9.55. The molecule has 0 N–H and O–H groups in total. The topological polar surface area (TPSA) is 38.8 Å². The average molecular weight is 216 g/mol. The third kappa shape index (κ3) is 1.91. The summed E-state index contributed by atoms with van der Waals surface area (Å²) in [4.78, 5) is 13.0. The van der Waals surface area contributed by atoms with Crippen molar-refractivity contribution in [1.29, 1.82) is 0 Å². The van der Waals surface area contributed by atoms with Crippen molar-refractivity contribution in [3.63, 3.8) is 0 Å². The van der Waals surface area contributed by atoms with Crippen molar-refractivity contribution in [3.8, 4) is 0 Å². The number of carbonyl (C=O) groups excluding carboxylic acids is 1. The minimum atomic E-state index is -0.495. The monoisotopic (exact) mass is 215 g/mol. The van der Waals surface area contributed by atoms with Crippen molar-refractivity contribution < 1.29 is 14.3 Å². The number of rotatable bonds is 1. The molecule has 1 saturated heterocycles. The minimum absolute atomic E-state index is 0.0957. The summed E-state index contributed by atoms with van der Waals surface area (Å²) in [6.07, 6.45) is 5.21. The van der Waals surface area contributed by atoms with Crippen LogP contribution in [0.2, 0.25) is 0 Å². The molecule has 0 radical (unpaired) electrons. The molecule has 4 nitrogen and oxygen atoms in total. The number of halogens is 1. The summed E-state index contributed by atoms with van der Waals surface area (Å²) < 4.78 is 10.3. The summed E-state index contributed by atoms with van der Waals surface area (Å²) in [6.45, 7) is 1.16. The molecule has 1 unspecified atom stereocenters. The molecule has 0 saturated carbocycles. The highest BCUT2D eigenvalue weighted by molar-refractivity contribution is 6.21. The Bertz CT molecular complexity index is 300. The van der Waals surface area contributed by atoms with Gasteiger partial charge in [-0.25, -0.2) is 0 Å². The van der Waals surface area contributed by atoms with E-state index in [0.29, 0.717) is 19.0 Å². The fourth-order valence-corrected chi connectivity index (χ4v) is 1.50. The van der Waals surface area contributed by atoms with Crippen LogP contribution in [0.15, 0.2) is 24.1 Å². The van der Waals surface area contributed by atoms with Crippen LogP contribution < -0.4 is 0 Å². The van der Waals surface area contributed by atoms with Crippen LogP contribution in [-0.4, -0.2) is 36.1 Å². The van der Waals surface area contributed by atoms with Gasteiger partial charge in [0.1, 0.15) is 6.61 Å². The number of carbonyl (C=O) groups is 1. The van der Waals surface area contributed by atoms with Gasteiger partial charge in [-0.2, -0.15) is 0 Å². The number of hydrogen-bond donors (Lipinski definition) is 0. The van der Waals surface area contributed by atoms with E-state index in [1.54, 1.807) is 23.1 Å². The highest BCUT2D eigenvalue weighted by atomic mass is 35.5. The molecule has 2 heterocycles. The van der Waals surface area contributed by atoms with Gasteiger partial charge >= 0.3 is 0 Å². The molecule has 76 valence electrons. The lowest BCUT2D eigenvalue weighted by atomic mass is 10.3. The number of morpholine rings is 1. The van der Waals surface area contributed by atoms with Crippen molar-refractivity contribution in [3.05, 3.63) is 24.1 Å². The van der Waals surface area contributed by atoms with Gasteiger partial charge in [-0.3, -0.25) is 9.69 Å². The molecule has 1 amide bonds. The number of amides is 1. The lowest BCUT2D eigenvalue weighted by Gasteiger charge is -2.30. The molecule has 0 bridgehead atoms. The Morgan fingerprint density at radius 1 is 1.57 bits per heavy atom. The summed E-state index contributed by atoms with van der Waals surface area (Å²) in [5.41, 5.74) is -0.495. The van der Waals surface area contributed by atoms with Crippen molar-refractivity contribution >= 4 is 17.5 Å². The average Bonchev–Trinajstić information content (AvgIpc) is 2.18. The van der Waals surface area contributed by atoms with Crippen LogP contribution in [0, 0.1) is 0 Å². The van der Waals surface area contributed by atoms with Crippen molar-refractivity contribution in [2.24, 2.45) is 0 Å². The molecule has 1 fully saturated rings. The molecule has 14 heavy (non-hydrogen) atoms. The number of allylic oxidation sites excluding steroid dienone is 2. The standard InChI is InChI=1S/C9H10ClNO3/c10-7-2-1-3-9(14-7)11-4-5-13-6-8(11)12/h1-3,7H,4-6H2. The maximum atomic E-state index is 11.4. The summed E-state index contributed by atoms with van der Waals surface area (Å²) >= 11 is 5.76. The highest BCUT2D eigenvalue weighted by Gasteiger charge is 2.25. The number of nitrogens with zero attached hydrogens (tertiary/aromatic N) is 1. The molecule has 0 aromatic heterocycles. The van der Waals surface area contributed by atoms with E-state index < -0.39 is 5.56 Å². The van der Waals surface area contributed by atoms with Gasteiger partial charge in [0, 0.05) is 0 Å². The van der Waals surface area contributed by atoms with E-state index in [0.717, 1.165) is 0 Å². The van der Waals surface area contributed by atoms with Gasteiger partial charge in [0.2, 0.25) is 0 Å². The van der Waals surface area contributed by atoms with Crippen LogP contribution in [-0.2, 0) is 14.3 Å². The SMILES string of the molecule is O=C1COCCN1C1=CC=CC(Cl)O1. The van der Waals surface area contributed by atoms with Gasteiger partial charge in [-0.1, -0.05) is 17.7 Å². The lowest BCUT2D eigenvalue weighted by molar-refractivity contribution is -0.143. The molecular formula is C9H10ClNO3.